The van der Waals surface area contributed by atoms with Gasteiger partial charge in [0, 0.05) is 17.4 Å². The van der Waals surface area contributed by atoms with Crippen LogP contribution in [0.5, 0.6) is 0 Å². The molecule has 1 rings (SSSR count). The van der Waals surface area contributed by atoms with Gasteiger partial charge in [-0.15, -0.1) is 0 Å². The number of nitrogens with one attached hydrogen (secondary N) is 1. The molecule has 0 aromatic heterocycles. The predicted octanol–water partition coefficient (Wildman–Crippen LogP) is 2.09. The summed E-state index contributed by atoms with van der Waals surface area (Å²) in [4.78, 5) is 11.5. The average molecular weight is 299 g/mol. The fraction of sp³-hybridized carbons (Fsp3) is 0.462. The first-order chi connectivity index (χ1) is 8.11. The molecule has 1 amide bonds. The summed E-state index contributed by atoms with van der Waals surface area (Å²) >= 11 is 3.38. The summed E-state index contributed by atoms with van der Waals surface area (Å²) in [6.07, 6.45) is 1.30. The molecule has 94 valence electrons. The van der Waals surface area contributed by atoms with Crippen LogP contribution in [0.4, 0.5) is 0 Å². The summed E-state index contributed by atoms with van der Waals surface area (Å²) in [6.45, 7) is 3.29. The van der Waals surface area contributed by atoms with Crippen LogP contribution >= 0.6 is 15.9 Å². The van der Waals surface area contributed by atoms with Crippen molar-refractivity contribution in [2.24, 2.45) is 11.7 Å². The van der Waals surface area contributed by atoms with Crippen molar-refractivity contribution in [1.82, 2.24) is 5.32 Å². The van der Waals surface area contributed by atoms with Gasteiger partial charge >= 0.3 is 0 Å². The predicted molar refractivity (Wildman–Crippen MR) is 73.7 cm³/mol. The molecule has 0 aliphatic rings. The highest BCUT2D eigenvalue weighted by Gasteiger charge is 2.04. The molecular weight excluding hydrogens is 280 g/mol. The van der Waals surface area contributed by atoms with Crippen molar-refractivity contribution in [2.45, 2.75) is 19.8 Å². The molecule has 1 aromatic carbocycles. The van der Waals surface area contributed by atoms with Crippen molar-refractivity contribution in [1.29, 1.82) is 0 Å². The minimum atomic E-state index is 0.0909. The number of carbonyl (C=O) groups is 1. The number of amides is 1. The maximum Gasteiger partial charge on any atom is 0.220 e. The first-order valence-corrected chi connectivity index (χ1v) is 6.62. The molecule has 3 N–H and O–H groups in total. The number of carbonyl (C=O) groups excluding carboxylic acids is 1. The van der Waals surface area contributed by atoms with E-state index in [1.54, 1.807) is 0 Å². The maximum absolute atomic E-state index is 11.5. The van der Waals surface area contributed by atoms with Crippen molar-refractivity contribution in [3.63, 3.8) is 0 Å². The Morgan fingerprint density at radius 3 is 2.65 bits per heavy atom. The van der Waals surface area contributed by atoms with Crippen LogP contribution in [0.3, 0.4) is 0 Å². The Labute approximate surface area is 111 Å². The molecule has 0 fully saturated rings. The van der Waals surface area contributed by atoms with Gasteiger partial charge in [-0.25, -0.2) is 0 Å². The summed E-state index contributed by atoms with van der Waals surface area (Å²) in [7, 11) is 0. The Bertz CT molecular complexity index is 351. The highest BCUT2D eigenvalue weighted by Crippen LogP contribution is 2.11. The van der Waals surface area contributed by atoms with Gasteiger partial charge in [0.15, 0.2) is 0 Å². The number of rotatable bonds is 6. The van der Waals surface area contributed by atoms with Crippen LogP contribution in [-0.4, -0.2) is 19.0 Å². The van der Waals surface area contributed by atoms with E-state index in [2.05, 4.69) is 21.2 Å². The van der Waals surface area contributed by atoms with E-state index < -0.39 is 0 Å². The third-order valence-electron chi connectivity index (χ3n) is 2.60. The lowest BCUT2D eigenvalue weighted by Gasteiger charge is -2.09. The number of nitrogens with two attached hydrogens (primary N) is 1. The van der Waals surface area contributed by atoms with Crippen molar-refractivity contribution in [3.05, 3.63) is 34.3 Å². The molecule has 1 aromatic rings. The van der Waals surface area contributed by atoms with Crippen molar-refractivity contribution < 1.29 is 4.79 Å². The minimum absolute atomic E-state index is 0.0909. The molecule has 1 atom stereocenters. The molecule has 0 radical (unpaired) electrons. The van der Waals surface area contributed by atoms with Gasteiger partial charge in [-0.05, 0) is 36.6 Å². The number of hydrogen-bond donors (Lipinski definition) is 2. The van der Waals surface area contributed by atoms with Crippen molar-refractivity contribution >= 4 is 21.8 Å². The average Bonchev–Trinajstić information content (AvgIpc) is 2.35. The van der Waals surface area contributed by atoms with Crippen LogP contribution in [0.2, 0.25) is 0 Å². The van der Waals surface area contributed by atoms with E-state index in [-0.39, 0.29) is 5.91 Å². The van der Waals surface area contributed by atoms with Gasteiger partial charge in [-0.3, -0.25) is 4.79 Å². The van der Waals surface area contributed by atoms with Gasteiger partial charge in [0.1, 0.15) is 0 Å². The third-order valence-corrected chi connectivity index (χ3v) is 3.13. The summed E-state index contributed by atoms with van der Waals surface area (Å²) < 4.78 is 1.06. The van der Waals surface area contributed by atoms with Crippen LogP contribution in [0.1, 0.15) is 18.9 Å². The van der Waals surface area contributed by atoms with Crippen LogP contribution in [-0.2, 0) is 11.2 Å². The summed E-state index contributed by atoms with van der Waals surface area (Å²) in [5, 5.41) is 2.89. The van der Waals surface area contributed by atoms with Gasteiger partial charge in [0.2, 0.25) is 5.91 Å². The summed E-state index contributed by atoms with van der Waals surface area (Å²) in [5.74, 6) is 0.430. The Hall–Kier alpha value is -0.870. The first-order valence-electron chi connectivity index (χ1n) is 5.83. The van der Waals surface area contributed by atoms with Gasteiger partial charge in [-0.2, -0.15) is 0 Å². The molecule has 3 nitrogen and oxygen atoms in total. The zero-order valence-corrected chi connectivity index (χ0v) is 11.7. The normalized spacial score (nSPS) is 12.2. The molecule has 1 unspecified atom stereocenters. The maximum atomic E-state index is 11.5. The van der Waals surface area contributed by atoms with Crippen LogP contribution in [0.15, 0.2) is 28.7 Å². The molecule has 17 heavy (non-hydrogen) atoms. The number of hydrogen-bond acceptors (Lipinski definition) is 2. The quantitative estimate of drug-likeness (QED) is 0.845. The molecular formula is C13H19BrN2O. The molecule has 0 saturated heterocycles. The van der Waals surface area contributed by atoms with E-state index in [9.17, 15) is 4.79 Å². The van der Waals surface area contributed by atoms with Gasteiger partial charge < -0.3 is 11.1 Å². The lowest BCUT2D eigenvalue weighted by Crippen LogP contribution is -2.31. The topological polar surface area (TPSA) is 55.1 Å². The van der Waals surface area contributed by atoms with E-state index in [0.717, 1.165) is 10.9 Å². The van der Waals surface area contributed by atoms with Gasteiger partial charge in [0.05, 0.1) is 0 Å². The lowest BCUT2D eigenvalue weighted by atomic mass is 10.1. The molecule has 0 spiro atoms. The van der Waals surface area contributed by atoms with E-state index in [4.69, 9.17) is 5.73 Å². The first kappa shape index (κ1) is 14.2. The SMILES string of the molecule is CC(CN)CNC(=O)CCc1ccc(Br)cc1. The minimum Gasteiger partial charge on any atom is -0.356 e. The zero-order chi connectivity index (χ0) is 12.7. The molecule has 0 saturated carbocycles. The van der Waals surface area contributed by atoms with Crippen LogP contribution in [0.25, 0.3) is 0 Å². The highest BCUT2D eigenvalue weighted by atomic mass is 79.9. The fourth-order valence-electron chi connectivity index (χ4n) is 1.37. The zero-order valence-electron chi connectivity index (χ0n) is 10.1. The van der Waals surface area contributed by atoms with E-state index in [0.29, 0.717) is 25.4 Å². The second-order valence-electron chi connectivity index (χ2n) is 4.27. The standard InChI is InChI=1S/C13H19BrN2O/c1-10(8-15)9-16-13(17)7-4-11-2-5-12(14)6-3-11/h2-3,5-6,10H,4,7-9,15H2,1H3,(H,16,17). The molecule has 0 aliphatic carbocycles. The number of halogens is 1. The number of benzene rings is 1. The molecule has 0 bridgehead atoms. The Morgan fingerprint density at radius 1 is 1.41 bits per heavy atom. The Kier molecular flexibility index (Phi) is 6.22. The third kappa shape index (κ3) is 5.84. The van der Waals surface area contributed by atoms with Gasteiger partial charge in [0.25, 0.3) is 0 Å². The Morgan fingerprint density at radius 2 is 2.06 bits per heavy atom. The van der Waals surface area contributed by atoms with Crippen molar-refractivity contribution in [3.8, 4) is 0 Å². The second kappa shape index (κ2) is 7.45. The largest absolute Gasteiger partial charge is 0.356 e. The van der Waals surface area contributed by atoms with Crippen LogP contribution in [0, 0.1) is 5.92 Å². The fourth-order valence-corrected chi connectivity index (χ4v) is 1.63. The lowest BCUT2D eigenvalue weighted by molar-refractivity contribution is -0.121. The monoisotopic (exact) mass is 298 g/mol. The summed E-state index contributed by atoms with van der Waals surface area (Å²) in [5.41, 5.74) is 6.66. The molecule has 4 heteroatoms. The highest BCUT2D eigenvalue weighted by molar-refractivity contribution is 9.10. The summed E-state index contributed by atoms with van der Waals surface area (Å²) in [6, 6.07) is 8.03. The van der Waals surface area contributed by atoms with Gasteiger partial charge in [-0.1, -0.05) is 35.0 Å². The Balaban J connectivity index is 2.26. The number of aryl methyl sites for hydroxylation is 1. The molecule has 0 aliphatic heterocycles. The van der Waals surface area contributed by atoms with E-state index >= 15 is 0 Å². The molecule has 0 heterocycles. The second-order valence-corrected chi connectivity index (χ2v) is 5.19. The van der Waals surface area contributed by atoms with E-state index in [1.807, 2.05) is 31.2 Å². The van der Waals surface area contributed by atoms with Crippen molar-refractivity contribution in [2.75, 3.05) is 13.1 Å². The smallest absolute Gasteiger partial charge is 0.220 e. The van der Waals surface area contributed by atoms with Crippen LogP contribution < -0.4 is 11.1 Å². The van der Waals surface area contributed by atoms with E-state index in [1.165, 1.54) is 5.56 Å².